The van der Waals surface area contributed by atoms with Gasteiger partial charge in [-0.2, -0.15) is 0 Å². The minimum atomic E-state index is 0.0542. The SMILES string of the molecule is COc1ccc(-c2ncc(CN3CCc4nc(C5CCCCC5)[nH]c(=O)c4C3)s2)cc1. The summed E-state index contributed by atoms with van der Waals surface area (Å²) < 4.78 is 5.23. The standard InChI is InChI=1S/C24H28N4O2S/c1-30-18-9-7-17(8-10-18)24-25-13-19(31-24)14-28-12-11-21-20(15-28)23(29)27-22(26-21)16-5-3-2-4-6-16/h7-10,13,16H,2-6,11-12,14-15H2,1H3,(H,26,27,29). The number of nitrogens with zero attached hydrogens (tertiary/aromatic N) is 3. The van der Waals surface area contributed by atoms with E-state index in [1.807, 2.05) is 30.5 Å². The van der Waals surface area contributed by atoms with E-state index in [9.17, 15) is 4.79 Å². The highest BCUT2D eigenvalue weighted by Crippen LogP contribution is 2.31. The van der Waals surface area contributed by atoms with Crippen LogP contribution in [0.25, 0.3) is 10.6 Å². The summed E-state index contributed by atoms with van der Waals surface area (Å²) >= 11 is 1.70. The van der Waals surface area contributed by atoms with Crippen molar-refractivity contribution in [2.45, 2.75) is 57.5 Å². The van der Waals surface area contributed by atoms with Gasteiger partial charge < -0.3 is 9.72 Å². The number of hydrogen-bond acceptors (Lipinski definition) is 6. The molecule has 2 aromatic heterocycles. The first-order valence-electron chi connectivity index (χ1n) is 11.1. The molecule has 2 aliphatic rings. The van der Waals surface area contributed by atoms with E-state index in [4.69, 9.17) is 9.72 Å². The predicted molar refractivity (Wildman–Crippen MR) is 123 cm³/mol. The number of hydrogen-bond donors (Lipinski definition) is 1. The van der Waals surface area contributed by atoms with E-state index in [-0.39, 0.29) is 5.56 Å². The summed E-state index contributed by atoms with van der Waals surface area (Å²) in [5, 5.41) is 1.01. The number of rotatable bonds is 5. The van der Waals surface area contributed by atoms with Crippen LogP contribution < -0.4 is 10.3 Å². The van der Waals surface area contributed by atoms with E-state index >= 15 is 0 Å². The molecule has 3 heterocycles. The van der Waals surface area contributed by atoms with E-state index in [2.05, 4.69) is 14.9 Å². The molecule has 1 aliphatic carbocycles. The molecule has 0 spiro atoms. The van der Waals surface area contributed by atoms with Crippen LogP contribution in [-0.4, -0.2) is 33.5 Å². The Morgan fingerprint density at radius 3 is 2.77 bits per heavy atom. The highest BCUT2D eigenvalue weighted by molar-refractivity contribution is 7.15. The first kappa shape index (κ1) is 20.4. The van der Waals surface area contributed by atoms with Gasteiger partial charge in [-0.3, -0.25) is 9.69 Å². The summed E-state index contributed by atoms with van der Waals surface area (Å²) in [6, 6.07) is 7.99. The molecule has 3 aromatic rings. The van der Waals surface area contributed by atoms with Crippen LogP contribution in [0, 0.1) is 0 Å². The summed E-state index contributed by atoms with van der Waals surface area (Å²) in [6.45, 7) is 2.37. The van der Waals surface area contributed by atoms with Crippen molar-refractivity contribution < 1.29 is 4.74 Å². The molecule has 0 atom stereocenters. The average Bonchev–Trinajstić information content (AvgIpc) is 3.28. The quantitative estimate of drug-likeness (QED) is 0.637. The van der Waals surface area contributed by atoms with Crippen molar-refractivity contribution in [1.29, 1.82) is 0 Å². The van der Waals surface area contributed by atoms with Crippen LogP contribution in [0.1, 0.15) is 60.0 Å². The largest absolute Gasteiger partial charge is 0.497 e. The Morgan fingerprint density at radius 2 is 2.00 bits per heavy atom. The van der Waals surface area contributed by atoms with Crippen LogP contribution in [0.2, 0.25) is 0 Å². The molecule has 0 radical (unpaired) electrons. The highest BCUT2D eigenvalue weighted by Gasteiger charge is 2.25. The Labute approximate surface area is 186 Å². The third-order valence-electron chi connectivity index (χ3n) is 6.43. The van der Waals surface area contributed by atoms with Gasteiger partial charge in [-0.25, -0.2) is 9.97 Å². The number of ether oxygens (including phenoxy) is 1. The second-order valence-corrected chi connectivity index (χ2v) is 9.65. The van der Waals surface area contributed by atoms with Crippen LogP contribution in [0.5, 0.6) is 5.75 Å². The lowest BCUT2D eigenvalue weighted by Crippen LogP contribution is -2.36. The average molecular weight is 437 g/mol. The maximum atomic E-state index is 12.8. The van der Waals surface area contributed by atoms with Gasteiger partial charge in [0.1, 0.15) is 16.6 Å². The van der Waals surface area contributed by atoms with E-state index in [0.29, 0.717) is 12.5 Å². The smallest absolute Gasteiger partial charge is 0.255 e. The Hall–Kier alpha value is -2.51. The summed E-state index contributed by atoms with van der Waals surface area (Å²) in [4.78, 5) is 29.0. The van der Waals surface area contributed by atoms with Crippen LogP contribution in [-0.2, 0) is 19.5 Å². The first-order chi connectivity index (χ1) is 15.2. The van der Waals surface area contributed by atoms with Crippen LogP contribution in [0.15, 0.2) is 35.3 Å². The Bertz CT molecular complexity index is 1100. The zero-order chi connectivity index (χ0) is 21.2. The van der Waals surface area contributed by atoms with Crippen molar-refractivity contribution in [3.8, 4) is 16.3 Å². The molecule has 0 amide bonds. The fourth-order valence-electron chi connectivity index (χ4n) is 4.67. The van der Waals surface area contributed by atoms with Crippen molar-refractivity contribution in [2.24, 2.45) is 0 Å². The molecular formula is C24H28N4O2S. The number of aromatic nitrogens is 3. The van der Waals surface area contributed by atoms with Gasteiger partial charge >= 0.3 is 0 Å². The Kier molecular flexibility index (Phi) is 5.87. The number of H-pyrrole nitrogens is 1. The highest BCUT2D eigenvalue weighted by atomic mass is 32.1. The monoisotopic (exact) mass is 436 g/mol. The second-order valence-electron chi connectivity index (χ2n) is 8.53. The van der Waals surface area contributed by atoms with Gasteiger partial charge in [0.25, 0.3) is 5.56 Å². The molecular weight excluding hydrogens is 408 g/mol. The van der Waals surface area contributed by atoms with E-state index in [0.717, 1.165) is 65.8 Å². The molecule has 0 unspecified atom stereocenters. The molecule has 31 heavy (non-hydrogen) atoms. The summed E-state index contributed by atoms with van der Waals surface area (Å²) in [7, 11) is 1.67. The van der Waals surface area contributed by atoms with Gasteiger partial charge in [-0.05, 0) is 37.1 Å². The number of thiazole rings is 1. The number of methoxy groups -OCH3 is 1. The molecule has 7 heteroatoms. The van der Waals surface area contributed by atoms with Gasteiger partial charge in [0.2, 0.25) is 0 Å². The third kappa shape index (κ3) is 4.43. The van der Waals surface area contributed by atoms with Gasteiger partial charge in [0.05, 0.1) is 18.4 Å². The summed E-state index contributed by atoms with van der Waals surface area (Å²) in [5.74, 6) is 2.19. The molecule has 162 valence electrons. The summed E-state index contributed by atoms with van der Waals surface area (Å²) in [5.41, 5.74) is 2.99. The number of aromatic amines is 1. The van der Waals surface area contributed by atoms with Gasteiger partial charge in [-0.15, -0.1) is 11.3 Å². The minimum Gasteiger partial charge on any atom is -0.497 e. The lowest BCUT2D eigenvalue weighted by molar-refractivity contribution is 0.243. The number of fused-ring (bicyclic) bond motifs is 1. The van der Waals surface area contributed by atoms with Gasteiger partial charge in [0.15, 0.2) is 0 Å². The van der Waals surface area contributed by atoms with Gasteiger partial charge in [0, 0.05) is 48.6 Å². The molecule has 0 saturated heterocycles. The molecule has 1 aliphatic heterocycles. The minimum absolute atomic E-state index is 0.0542. The van der Waals surface area contributed by atoms with Crippen molar-refractivity contribution in [2.75, 3.05) is 13.7 Å². The second kappa shape index (κ2) is 8.93. The Balaban J connectivity index is 1.28. The molecule has 1 aromatic carbocycles. The topological polar surface area (TPSA) is 71.1 Å². The van der Waals surface area contributed by atoms with Crippen molar-refractivity contribution in [1.82, 2.24) is 19.9 Å². The lowest BCUT2D eigenvalue weighted by atomic mass is 9.88. The fourth-order valence-corrected chi connectivity index (χ4v) is 5.63. The van der Waals surface area contributed by atoms with Crippen LogP contribution in [0.4, 0.5) is 0 Å². The molecule has 1 saturated carbocycles. The maximum absolute atomic E-state index is 12.8. The van der Waals surface area contributed by atoms with Crippen molar-refractivity contribution >= 4 is 11.3 Å². The normalized spacial score (nSPS) is 17.5. The maximum Gasteiger partial charge on any atom is 0.255 e. The third-order valence-corrected chi connectivity index (χ3v) is 7.46. The number of benzene rings is 1. The Morgan fingerprint density at radius 1 is 1.19 bits per heavy atom. The molecule has 1 N–H and O–H groups in total. The fraction of sp³-hybridized carbons (Fsp3) is 0.458. The number of nitrogens with one attached hydrogen (secondary N) is 1. The van der Waals surface area contributed by atoms with E-state index in [1.54, 1.807) is 18.4 Å². The zero-order valence-electron chi connectivity index (χ0n) is 17.9. The molecule has 1 fully saturated rings. The van der Waals surface area contributed by atoms with Crippen molar-refractivity contribution in [3.05, 3.63) is 62.8 Å². The molecule has 6 nitrogen and oxygen atoms in total. The van der Waals surface area contributed by atoms with Gasteiger partial charge in [-0.1, -0.05) is 19.3 Å². The first-order valence-corrected chi connectivity index (χ1v) is 11.9. The van der Waals surface area contributed by atoms with E-state index in [1.165, 1.54) is 24.1 Å². The summed E-state index contributed by atoms with van der Waals surface area (Å²) in [6.07, 6.45) is 8.88. The van der Waals surface area contributed by atoms with E-state index < -0.39 is 0 Å². The van der Waals surface area contributed by atoms with Crippen LogP contribution >= 0.6 is 11.3 Å². The zero-order valence-corrected chi connectivity index (χ0v) is 18.7. The van der Waals surface area contributed by atoms with Crippen LogP contribution in [0.3, 0.4) is 0 Å². The van der Waals surface area contributed by atoms with Crippen molar-refractivity contribution in [3.63, 3.8) is 0 Å². The predicted octanol–water partition coefficient (Wildman–Crippen LogP) is 4.51. The lowest BCUT2D eigenvalue weighted by Gasteiger charge is -2.28. The molecule has 0 bridgehead atoms. The molecule has 5 rings (SSSR count).